The standard InChI is InChI=1S/C14H17BrCl2N2O5S/c1-3-19(4-2)12(20)8-24-13(21)7-18-25(22,23)14-10(16)5-9(15)6-11(14)17/h5-6,18H,3-4,7-8H2,1-2H3. The molecular weight excluding hydrogens is 459 g/mol. The summed E-state index contributed by atoms with van der Waals surface area (Å²) < 4.78 is 31.8. The number of likely N-dealkylation sites (N-methyl/N-ethyl adjacent to an activating group) is 1. The number of ether oxygens (including phenoxy) is 1. The molecule has 11 heteroatoms. The number of hydrogen-bond donors (Lipinski definition) is 1. The molecule has 0 fully saturated rings. The van der Waals surface area contributed by atoms with Gasteiger partial charge in [-0.25, -0.2) is 8.42 Å². The molecule has 0 spiro atoms. The number of hydrogen-bond acceptors (Lipinski definition) is 5. The number of esters is 1. The molecule has 0 atom stereocenters. The highest BCUT2D eigenvalue weighted by Crippen LogP contribution is 2.32. The van der Waals surface area contributed by atoms with E-state index in [1.54, 1.807) is 13.8 Å². The minimum absolute atomic E-state index is 0.100. The Labute approximate surface area is 164 Å². The van der Waals surface area contributed by atoms with Crippen LogP contribution in [0.5, 0.6) is 0 Å². The number of nitrogens with one attached hydrogen (secondary N) is 1. The first-order chi connectivity index (χ1) is 11.6. The predicted molar refractivity (Wildman–Crippen MR) is 98.2 cm³/mol. The number of sulfonamides is 1. The smallest absolute Gasteiger partial charge is 0.321 e. The molecule has 1 aromatic rings. The Bertz CT molecular complexity index is 731. The maximum Gasteiger partial charge on any atom is 0.321 e. The number of nitrogens with zero attached hydrogens (tertiary/aromatic N) is 1. The van der Waals surface area contributed by atoms with E-state index in [-0.39, 0.29) is 20.8 Å². The van der Waals surface area contributed by atoms with Crippen LogP contribution < -0.4 is 4.72 Å². The van der Waals surface area contributed by atoms with E-state index in [0.29, 0.717) is 17.6 Å². The topological polar surface area (TPSA) is 92.8 Å². The van der Waals surface area contributed by atoms with Crippen molar-refractivity contribution < 1.29 is 22.7 Å². The van der Waals surface area contributed by atoms with Gasteiger partial charge in [0.25, 0.3) is 5.91 Å². The molecule has 1 N–H and O–H groups in total. The number of benzene rings is 1. The van der Waals surface area contributed by atoms with Crippen molar-refractivity contribution in [3.05, 3.63) is 26.7 Å². The first-order valence-electron chi connectivity index (χ1n) is 7.20. The maximum atomic E-state index is 12.3. The largest absolute Gasteiger partial charge is 0.455 e. The molecule has 140 valence electrons. The summed E-state index contributed by atoms with van der Waals surface area (Å²) in [5.41, 5.74) is 0. The van der Waals surface area contributed by atoms with Crippen molar-refractivity contribution in [3.63, 3.8) is 0 Å². The minimum atomic E-state index is -4.13. The molecule has 0 heterocycles. The zero-order valence-electron chi connectivity index (χ0n) is 13.5. The maximum absolute atomic E-state index is 12.3. The lowest BCUT2D eigenvalue weighted by Gasteiger charge is -2.18. The Balaban J connectivity index is 2.68. The third kappa shape index (κ3) is 6.41. The van der Waals surface area contributed by atoms with Gasteiger partial charge in [0.15, 0.2) is 6.61 Å². The van der Waals surface area contributed by atoms with Crippen LogP contribution in [0.4, 0.5) is 0 Å². The van der Waals surface area contributed by atoms with Crippen LogP contribution in [0.1, 0.15) is 13.8 Å². The molecule has 0 radical (unpaired) electrons. The molecule has 0 bridgehead atoms. The molecule has 25 heavy (non-hydrogen) atoms. The van der Waals surface area contributed by atoms with Crippen LogP contribution in [0.2, 0.25) is 10.0 Å². The second-order valence-electron chi connectivity index (χ2n) is 4.75. The van der Waals surface area contributed by atoms with E-state index in [9.17, 15) is 18.0 Å². The van der Waals surface area contributed by atoms with Crippen molar-refractivity contribution in [1.82, 2.24) is 9.62 Å². The van der Waals surface area contributed by atoms with E-state index in [1.165, 1.54) is 17.0 Å². The number of rotatable bonds is 8. The average molecular weight is 476 g/mol. The summed E-state index contributed by atoms with van der Waals surface area (Å²) in [6.45, 7) is 3.45. The SMILES string of the molecule is CCN(CC)C(=O)COC(=O)CNS(=O)(=O)c1c(Cl)cc(Br)cc1Cl. The Hall–Kier alpha value is -0.870. The van der Waals surface area contributed by atoms with Crippen LogP contribution in [0.25, 0.3) is 0 Å². The van der Waals surface area contributed by atoms with E-state index >= 15 is 0 Å². The van der Waals surface area contributed by atoms with Gasteiger partial charge in [-0.3, -0.25) is 9.59 Å². The van der Waals surface area contributed by atoms with E-state index in [2.05, 4.69) is 15.9 Å². The van der Waals surface area contributed by atoms with Crippen molar-refractivity contribution in [2.75, 3.05) is 26.2 Å². The molecule has 0 aliphatic rings. The molecule has 0 unspecified atom stereocenters. The average Bonchev–Trinajstić information content (AvgIpc) is 2.50. The quantitative estimate of drug-likeness (QED) is 0.583. The van der Waals surface area contributed by atoms with Crippen LogP contribution >= 0.6 is 39.1 Å². The van der Waals surface area contributed by atoms with Crippen LogP contribution in [-0.2, 0) is 24.3 Å². The molecule has 0 aromatic heterocycles. The van der Waals surface area contributed by atoms with Crippen molar-refractivity contribution in [2.24, 2.45) is 0 Å². The summed E-state index contributed by atoms with van der Waals surface area (Å²) in [5.74, 6) is -1.26. The van der Waals surface area contributed by atoms with Crippen molar-refractivity contribution >= 4 is 61.0 Å². The highest BCUT2D eigenvalue weighted by molar-refractivity contribution is 9.10. The summed E-state index contributed by atoms with van der Waals surface area (Å²) in [7, 11) is -4.13. The molecular formula is C14H17BrCl2N2O5S. The second kappa shape index (κ2) is 9.72. The number of carbonyl (C=O) groups is 2. The molecule has 7 nitrogen and oxygen atoms in total. The van der Waals surface area contributed by atoms with Crippen molar-refractivity contribution in [1.29, 1.82) is 0 Å². The summed E-state index contributed by atoms with van der Waals surface area (Å²) in [6, 6.07) is 2.73. The summed E-state index contributed by atoms with van der Waals surface area (Å²) in [5, 5.41) is -0.200. The number of amides is 1. The highest BCUT2D eigenvalue weighted by Gasteiger charge is 2.23. The summed E-state index contributed by atoms with van der Waals surface area (Å²) >= 11 is 14.9. The molecule has 0 saturated carbocycles. The van der Waals surface area contributed by atoms with Crippen molar-refractivity contribution in [2.45, 2.75) is 18.7 Å². The van der Waals surface area contributed by atoms with Gasteiger partial charge in [-0.2, -0.15) is 4.72 Å². The molecule has 0 aliphatic heterocycles. The first-order valence-corrected chi connectivity index (χ1v) is 10.2. The van der Waals surface area contributed by atoms with Gasteiger partial charge in [-0.1, -0.05) is 39.1 Å². The highest BCUT2D eigenvalue weighted by atomic mass is 79.9. The number of carbonyl (C=O) groups excluding carboxylic acids is 2. The Morgan fingerprint density at radius 1 is 1.20 bits per heavy atom. The molecule has 0 aliphatic carbocycles. The van der Waals surface area contributed by atoms with Gasteiger partial charge in [0.05, 0.1) is 10.0 Å². The lowest BCUT2D eigenvalue weighted by Crippen LogP contribution is -2.36. The third-order valence-corrected chi connectivity index (χ3v) is 5.89. The van der Waals surface area contributed by atoms with E-state index in [0.717, 1.165) is 0 Å². The normalized spacial score (nSPS) is 11.2. The fourth-order valence-corrected chi connectivity index (χ4v) is 4.77. The van der Waals surface area contributed by atoms with Gasteiger partial charge in [-0.15, -0.1) is 0 Å². The zero-order valence-corrected chi connectivity index (χ0v) is 17.4. The first kappa shape index (κ1) is 22.2. The summed E-state index contributed by atoms with van der Waals surface area (Å²) in [6.07, 6.45) is 0. The van der Waals surface area contributed by atoms with Gasteiger partial charge < -0.3 is 9.64 Å². The minimum Gasteiger partial charge on any atom is -0.455 e. The predicted octanol–water partition coefficient (Wildman–Crippen LogP) is 2.45. The zero-order chi connectivity index (χ0) is 19.2. The van der Waals surface area contributed by atoms with Gasteiger partial charge >= 0.3 is 5.97 Å². The Morgan fingerprint density at radius 3 is 2.20 bits per heavy atom. The monoisotopic (exact) mass is 474 g/mol. The Kier molecular flexibility index (Phi) is 8.62. The fourth-order valence-electron chi connectivity index (χ4n) is 1.87. The van der Waals surface area contributed by atoms with E-state index in [1.807, 2.05) is 4.72 Å². The molecule has 0 saturated heterocycles. The van der Waals surface area contributed by atoms with Gasteiger partial charge in [-0.05, 0) is 26.0 Å². The fraction of sp³-hybridized carbons (Fsp3) is 0.429. The van der Waals surface area contributed by atoms with Crippen LogP contribution in [-0.4, -0.2) is 51.4 Å². The Morgan fingerprint density at radius 2 is 1.72 bits per heavy atom. The number of halogens is 3. The second-order valence-corrected chi connectivity index (χ2v) is 8.18. The van der Waals surface area contributed by atoms with Crippen LogP contribution in [0.3, 0.4) is 0 Å². The molecule has 1 rings (SSSR count). The van der Waals surface area contributed by atoms with Crippen LogP contribution in [0, 0.1) is 0 Å². The lowest BCUT2D eigenvalue weighted by molar-refractivity contribution is -0.150. The van der Waals surface area contributed by atoms with Gasteiger partial charge in [0, 0.05) is 17.6 Å². The van der Waals surface area contributed by atoms with E-state index in [4.69, 9.17) is 27.9 Å². The lowest BCUT2D eigenvalue weighted by atomic mass is 10.4. The van der Waals surface area contributed by atoms with Gasteiger partial charge in [0.1, 0.15) is 11.4 Å². The van der Waals surface area contributed by atoms with Crippen molar-refractivity contribution in [3.8, 4) is 0 Å². The molecule has 1 aromatic carbocycles. The third-order valence-electron chi connectivity index (χ3n) is 3.11. The summed E-state index contributed by atoms with van der Waals surface area (Å²) in [4.78, 5) is 24.5. The van der Waals surface area contributed by atoms with Gasteiger partial charge in [0.2, 0.25) is 10.0 Å². The van der Waals surface area contributed by atoms with E-state index < -0.39 is 29.1 Å². The molecule has 1 amide bonds. The van der Waals surface area contributed by atoms with Crippen LogP contribution in [0.15, 0.2) is 21.5 Å².